The van der Waals surface area contributed by atoms with Gasteiger partial charge in [-0.3, -0.25) is 4.79 Å². The van der Waals surface area contributed by atoms with E-state index in [0.29, 0.717) is 23.7 Å². The van der Waals surface area contributed by atoms with Crippen LogP contribution in [-0.4, -0.2) is 67.2 Å². The van der Waals surface area contributed by atoms with Crippen molar-refractivity contribution < 1.29 is 32.2 Å². The van der Waals surface area contributed by atoms with E-state index in [-0.39, 0.29) is 31.8 Å². The van der Waals surface area contributed by atoms with Crippen molar-refractivity contribution in [3.63, 3.8) is 0 Å². The van der Waals surface area contributed by atoms with Gasteiger partial charge in [-0.25, -0.2) is 21.9 Å². The zero-order chi connectivity index (χ0) is 25.5. The summed E-state index contributed by atoms with van der Waals surface area (Å²) in [7, 11) is -4.55. The summed E-state index contributed by atoms with van der Waals surface area (Å²) in [6, 6.07) is 3.87. The normalized spacial score (nSPS) is 20.2. The molecule has 1 heterocycles. The van der Waals surface area contributed by atoms with E-state index < -0.39 is 50.5 Å². The largest absolute Gasteiger partial charge is 0.444 e. The molecule has 1 aromatic rings. The van der Waals surface area contributed by atoms with Gasteiger partial charge in [0.25, 0.3) is 10.0 Å². The average molecular weight is 502 g/mol. The van der Waals surface area contributed by atoms with Crippen LogP contribution in [0.25, 0.3) is 0 Å². The van der Waals surface area contributed by atoms with Crippen LogP contribution in [0.3, 0.4) is 0 Å². The molecule has 0 saturated carbocycles. The summed E-state index contributed by atoms with van der Waals surface area (Å²) in [5.41, 5.74) is -0.637. The molecule has 3 N–H and O–H groups in total. The predicted octanol–water partition coefficient (Wildman–Crippen LogP) is 2.40. The second-order valence-corrected chi connectivity index (χ2v) is 11.4. The molecule has 2 rings (SSSR count). The van der Waals surface area contributed by atoms with Crippen molar-refractivity contribution in [1.29, 1.82) is 0 Å². The number of carbonyl (C=O) groups excluding carboxylic acids is 2. The number of β-amino-alcohol motifs (C(OH)–C–C–N with tert-alkyl or cyclic N) is 1. The smallest absolute Gasteiger partial charge is 0.407 e. The lowest BCUT2D eigenvalue weighted by Gasteiger charge is -2.33. The van der Waals surface area contributed by atoms with Crippen LogP contribution in [-0.2, 0) is 19.6 Å². The molecule has 1 aromatic carbocycles. The van der Waals surface area contributed by atoms with Crippen molar-refractivity contribution in [2.75, 3.05) is 19.6 Å². The summed E-state index contributed by atoms with van der Waals surface area (Å²) in [6.45, 7) is 7.92. The molecule has 0 aliphatic carbocycles. The monoisotopic (exact) mass is 501 g/mol. The van der Waals surface area contributed by atoms with Crippen molar-refractivity contribution in [1.82, 2.24) is 14.9 Å². The molecule has 0 radical (unpaired) electrons. The molecule has 34 heavy (non-hydrogen) atoms. The molecule has 0 spiro atoms. The molecule has 0 bridgehead atoms. The summed E-state index contributed by atoms with van der Waals surface area (Å²) in [4.78, 5) is 24.5. The van der Waals surface area contributed by atoms with E-state index in [4.69, 9.17) is 4.74 Å². The first kappa shape index (κ1) is 28.0. The van der Waals surface area contributed by atoms with E-state index in [1.54, 1.807) is 27.7 Å². The lowest BCUT2D eigenvalue weighted by molar-refractivity contribution is -0.130. The van der Waals surface area contributed by atoms with Crippen molar-refractivity contribution in [2.45, 2.75) is 76.0 Å². The van der Waals surface area contributed by atoms with Crippen LogP contribution < -0.4 is 10.6 Å². The third-order valence-corrected chi connectivity index (χ3v) is 7.28. The Morgan fingerprint density at radius 2 is 2.00 bits per heavy atom. The van der Waals surface area contributed by atoms with Gasteiger partial charge in [-0.05, 0) is 64.6 Å². The predicted molar refractivity (Wildman–Crippen MR) is 125 cm³/mol. The van der Waals surface area contributed by atoms with E-state index in [1.807, 2.05) is 0 Å². The zero-order valence-electron chi connectivity index (χ0n) is 20.2. The number of aliphatic hydroxyl groups is 1. The summed E-state index contributed by atoms with van der Waals surface area (Å²) in [5, 5.41) is 16.2. The highest BCUT2D eigenvalue weighted by atomic mass is 32.2. The molecule has 192 valence electrons. The fourth-order valence-corrected chi connectivity index (χ4v) is 5.49. The number of nitrogens with one attached hydrogen (secondary N) is 2. The van der Waals surface area contributed by atoms with Crippen LogP contribution >= 0.6 is 0 Å². The number of benzene rings is 1. The number of aliphatic hydroxyl groups excluding tert-OH is 1. The van der Waals surface area contributed by atoms with E-state index >= 15 is 0 Å². The Hall–Kier alpha value is -2.24. The van der Waals surface area contributed by atoms with Crippen molar-refractivity contribution in [2.24, 2.45) is 5.92 Å². The van der Waals surface area contributed by atoms with Crippen LogP contribution in [0.15, 0.2) is 29.2 Å². The Bertz CT molecular complexity index is 950. The highest BCUT2D eigenvalue weighted by Gasteiger charge is 2.40. The number of alkyl carbamates (subject to hydrolysis) is 1. The number of carbonyl (C=O) groups is 2. The Labute approximate surface area is 201 Å². The molecule has 11 heteroatoms. The van der Waals surface area contributed by atoms with Gasteiger partial charge in [0.1, 0.15) is 16.3 Å². The Morgan fingerprint density at radius 1 is 1.32 bits per heavy atom. The second kappa shape index (κ2) is 11.9. The third-order valence-electron chi connectivity index (χ3n) is 5.40. The average Bonchev–Trinajstić information content (AvgIpc) is 2.91. The number of amides is 2. The number of halogens is 1. The number of hydrogen-bond acceptors (Lipinski definition) is 7. The topological polar surface area (TPSA) is 125 Å². The summed E-state index contributed by atoms with van der Waals surface area (Å²) < 4.78 is 47.1. The SMILES string of the molecule is C[C@@H](CCNC(=O)OC(C)(C)C)CC(=O)N(C1CCCNCC1O)S(=O)(=O)c1ccccc1F. The maximum Gasteiger partial charge on any atom is 0.407 e. The molecule has 3 atom stereocenters. The summed E-state index contributed by atoms with van der Waals surface area (Å²) in [6.07, 6.45) is -0.662. The molecule has 2 amide bonds. The fraction of sp³-hybridized carbons (Fsp3) is 0.652. The van der Waals surface area contributed by atoms with Gasteiger partial charge in [-0.15, -0.1) is 0 Å². The Morgan fingerprint density at radius 3 is 2.65 bits per heavy atom. The van der Waals surface area contributed by atoms with Crippen LogP contribution in [0.4, 0.5) is 9.18 Å². The number of sulfonamides is 1. The van der Waals surface area contributed by atoms with Gasteiger partial charge in [0, 0.05) is 19.5 Å². The minimum atomic E-state index is -4.55. The number of rotatable bonds is 8. The molecule has 1 aliphatic heterocycles. The standard InChI is InChI=1S/C23H36FN3O6S/c1-16(11-13-26-22(30)33-23(2,3)4)14-21(29)27(18-9-7-12-25-15-19(18)28)34(31,32)20-10-6-5-8-17(20)24/h5-6,8,10,16,18-19,25,28H,7,9,11-15H2,1-4H3,(H,26,30)/t16-,18?,19?/m0/s1. The summed E-state index contributed by atoms with van der Waals surface area (Å²) >= 11 is 0. The number of nitrogens with zero attached hydrogens (tertiary/aromatic N) is 1. The third kappa shape index (κ3) is 7.92. The van der Waals surface area contributed by atoms with Crippen molar-refractivity contribution in [3.05, 3.63) is 30.1 Å². The van der Waals surface area contributed by atoms with Gasteiger partial charge in [-0.1, -0.05) is 19.1 Å². The number of hydrogen-bond donors (Lipinski definition) is 3. The molecular formula is C23H36FN3O6S. The van der Waals surface area contributed by atoms with Crippen LogP contribution in [0, 0.1) is 11.7 Å². The summed E-state index contributed by atoms with van der Waals surface area (Å²) in [5.74, 6) is -1.98. The zero-order valence-corrected chi connectivity index (χ0v) is 21.0. The van der Waals surface area contributed by atoms with Gasteiger partial charge < -0.3 is 20.5 Å². The second-order valence-electron chi connectivity index (χ2n) is 9.63. The molecule has 1 aliphatic rings. The highest BCUT2D eigenvalue weighted by molar-refractivity contribution is 7.89. The van der Waals surface area contributed by atoms with Crippen LogP contribution in [0.2, 0.25) is 0 Å². The minimum Gasteiger partial charge on any atom is -0.444 e. The molecule has 1 fully saturated rings. The maximum atomic E-state index is 14.4. The van der Waals surface area contributed by atoms with E-state index in [2.05, 4.69) is 10.6 Å². The lowest BCUT2D eigenvalue weighted by atomic mass is 10.0. The molecule has 9 nitrogen and oxygen atoms in total. The molecular weight excluding hydrogens is 465 g/mol. The maximum absolute atomic E-state index is 14.4. The van der Waals surface area contributed by atoms with Crippen molar-refractivity contribution >= 4 is 22.0 Å². The first-order valence-electron chi connectivity index (χ1n) is 11.5. The quantitative estimate of drug-likeness (QED) is 0.499. The molecule has 1 saturated heterocycles. The Balaban J connectivity index is 2.18. The minimum absolute atomic E-state index is 0.122. The van der Waals surface area contributed by atoms with E-state index in [9.17, 15) is 27.5 Å². The fourth-order valence-electron chi connectivity index (χ4n) is 3.77. The van der Waals surface area contributed by atoms with Crippen LogP contribution in [0.1, 0.15) is 53.4 Å². The van der Waals surface area contributed by atoms with Gasteiger partial charge >= 0.3 is 6.09 Å². The van der Waals surface area contributed by atoms with Gasteiger partial charge in [0.2, 0.25) is 5.91 Å². The van der Waals surface area contributed by atoms with E-state index in [1.165, 1.54) is 12.1 Å². The number of ether oxygens (including phenoxy) is 1. The molecule has 0 aromatic heterocycles. The van der Waals surface area contributed by atoms with Crippen molar-refractivity contribution in [3.8, 4) is 0 Å². The Kier molecular flexibility index (Phi) is 9.84. The first-order valence-corrected chi connectivity index (χ1v) is 12.9. The van der Waals surface area contributed by atoms with Crippen LogP contribution in [0.5, 0.6) is 0 Å². The van der Waals surface area contributed by atoms with Gasteiger partial charge in [-0.2, -0.15) is 0 Å². The lowest BCUT2D eigenvalue weighted by Crippen LogP contribution is -2.52. The van der Waals surface area contributed by atoms with Gasteiger partial charge in [0.15, 0.2) is 0 Å². The molecule has 2 unspecified atom stereocenters. The van der Waals surface area contributed by atoms with Gasteiger partial charge in [0.05, 0.1) is 12.1 Å². The first-order chi connectivity index (χ1) is 15.8. The van der Waals surface area contributed by atoms with E-state index in [0.717, 1.165) is 12.1 Å². The highest BCUT2D eigenvalue weighted by Crippen LogP contribution is 2.27.